The summed E-state index contributed by atoms with van der Waals surface area (Å²) in [7, 11) is -3.52. The van der Waals surface area contributed by atoms with E-state index < -0.39 is 10.0 Å². The average Bonchev–Trinajstić information content (AvgIpc) is 2.83. The van der Waals surface area contributed by atoms with Gasteiger partial charge < -0.3 is 10.2 Å². The molecule has 0 unspecified atom stereocenters. The number of nitrogens with zero attached hydrogens (tertiary/aromatic N) is 3. The number of hydrogen-bond donors (Lipinski definition) is 1. The van der Waals surface area contributed by atoms with Gasteiger partial charge in [-0.15, -0.1) is 0 Å². The molecule has 0 atom stereocenters. The molecule has 184 valence electrons. The van der Waals surface area contributed by atoms with Crippen molar-refractivity contribution in [2.45, 2.75) is 63.2 Å². The van der Waals surface area contributed by atoms with Gasteiger partial charge in [0.15, 0.2) is 0 Å². The monoisotopic (exact) mass is 476 g/mol. The van der Waals surface area contributed by atoms with Crippen LogP contribution in [0.2, 0.25) is 0 Å². The van der Waals surface area contributed by atoms with E-state index in [2.05, 4.69) is 15.1 Å². The highest BCUT2D eigenvalue weighted by Gasteiger charge is 2.27. The second-order valence-electron chi connectivity index (χ2n) is 10.1. The largest absolute Gasteiger partial charge is 0.325 e. The molecule has 1 aromatic rings. The number of carbonyl (C=O) groups is 1. The molecule has 1 amide bonds. The minimum absolute atomic E-state index is 0.0775. The summed E-state index contributed by atoms with van der Waals surface area (Å²) in [5, 5.41) is 2.97. The lowest BCUT2D eigenvalue weighted by molar-refractivity contribution is -0.117. The maximum atomic E-state index is 13.0. The molecule has 0 aromatic heterocycles. The van der Waals surface area contributed by atoms with Crippen molar-refractivity contribution in [1.82, 2.24) is 14.1 Å². The SMILES string of the molecule is Cc1ccc(S(=O)(=O)N2CCCCC2)cc1NC(=O)CN1CCN(CC2CCCCC2)CC1. The van der Waals surface area contributed by atoms with Gasteiger partial charge in [-0.05, 0) is 56.2 Å². The van der Waals surface area contributed by atoms with E-state index in [1.807, 2.05) is 6.92 Å². The number of benzene rings is 1. The van der Waals surface area contributed by atoms with Crippen LogP contribution in [0.4, 0.5) is 5.69 Å². The fraction of sp³-hybridized carbons (Fsp3) is 0.720. The van der Waals surface area contributed by atoms with Crippen molar-refractivity contribution in [3.8, 4) is 0 Å². The van der Waals surface area contributed by atoms with Crippen molar-refractivity contribution >= 4 is 21.6 Å². The van der Waals surface area contributed by atoms with E-state index >= 15 is 0 Å². The molecule has 0 bridgehead atoms. The number of nitrogens with one attached hydrogen (secondary N) is 1. The minimum Gasteiger partial charge on any atom is -0.325 e. The van der Waals surface area contributed by atoms with E-state index in [9.17, 15) is 13.2 Å². The Labute approximate surface area is 199 Å². The van der Waals surface area contributed by atoms with Crippen molar-refractivity contribution < 1.29 is 13.2 Å². The summed E-state index contributed by atoms with van der Waals surface area (Å²) in [6, 6.07) is 5.07. The Morgan fingerprint density at radius 3 is 2.24 bits per heavy atom. The summed E-state index contributed by atoms with van der Waals surface area (Å²) in [6.07, 6.45) is 9.78. The van der Waals surface area contributed by atoms with Crippen LogP contribution in [0.15, 0.2) is 23.1 Å². The summed E-state index contributed by atoms with van der Waals surface area (Å²) in [4.78, 5) is 17.8. The normalized spacial score (nSPS) is 22.3. The molecule has 1 N–H and O–H groups in total. The van der Waals surface area contributed by atoms with Crippen LogP contribution in [0.3, 0.4) is 0 Å². The number of piperazine rings is 1. The number of anilines is 1. The van der Waals surface area contributed by atoms with Crippen LogP contribution in [0.1, 0.15) is 56.9 Å². The summed E-state index contributed by atoms with van der Waals surface area (Å²) < 4.78 is 27.6. The molecule has 1 saturated carbocycles. The summed E-state index contributed by atoms with van der Waals surface area (Å²) in [5.41, 5.74) is 1.47. The fourth-order valence-electron chi connectivity index (χ4n) is 5.41. The molecule has 3 aliphatic rings. The van der Waals surface area contributed by atoms with Gasteiger partial charge in [-0.1, -0.05) is 31.7 Å². The average molecular weight is 477 g/mol. The first-order valence-corrected chi connectivity index (χ1v) is 14.2. The first kappa shape index (κ1) is 24.6. The molecule has 1 aromatic carbocycles. The standard InChI is InChI=1S/C25H40N4O3S/c1-21-10-11-23(33(31,32)29-12-6-3-7-13-29)18-24(21)26-25(30)20-28-16-14-27(15-17-28)19-22-8-4-2-5-9-22/h10-11,18,22H,2-9,12-17,19-20H2,1H3,(H,26,30). The van der Waals surface area contributed by atoms with Gasteiger partial charge in [0.2, 0.25) is 15.9 Å². The van der Waals surface area contributed by atoms with Gasteiger partial charge in [0.1, 0.15) is 0 Å². The Hall–Kier alpha value is -1.48. The Morgan fingerprint density at radius 1 is 0.909 bits per heavy atom. The number of piperidine rings is 1. The quantitative estimate of drug-likeness (QED) is 0.654. The van der Waals surface area contributed by atoms with E-state index in [0.717, 1.165) is 56.9 Å². The van der Waals surface area contributed by atoms with Crippen LogP contribution in [0.25, 0.3) is 0 Å². The Morgan fingerprint density at radius 2 is 1.55 bits per heavy atom. The molecule has 1 aliphatic carbocycles. The molecule has 2 saturated heterocycles. The maximum absolute atomic E-state index is 13.0. The van der Waals surface area contributed by atoms with Crippen LogP contribution >= 0.6 is 0 Å². The third-order valence-electron chi connectivity index (χ3n) is 7.51. The maximum Gasteiger partial charge on any atom is 0.243 e. The number of sulfonamides is 1. The highest BCUT2D eigenvalue weighted by Crippen LogP contribution is 2.26. The predicted octanol–water partition coefficient (Wildman–Crippen LogP) is 3.31. The molecule has 0 spiro atoms. The molecule has 4 rings (SSSR count). The number of carbonyl (C=O) groups excluding carboxylic acids is 1. The molecular weight excluding hydrogens is 436 g/mol. The van der Waals surface area contributed by atoms with Gasteiger partial charge in [0, 0.05) is 51.5 Å². The van der Waals surface area contributed by atoms with Crippen molar-refractivity contribution in [3.05, 3.63) is 23.8 Å². The lowest BCUT2D eigenvalue weighted by Crippen LogP contribution is -2.49. The molecule has 8 heteroatoms. The van der Waals surface area contributed by atoms with Gasteiger partial charge in [0.25, 0.3) is 0 Å². The predicted molar refractivity (Wildman–Crippen MR) is 132 cm³/mol. The van der Waals surface area contributed by atoms with Gasteiger partial charge in [-0.25, -0.2) is 8.42 Å². The molecule has 7 nitrogen and oxygen atoms in total. The fourth-order valence-corrected chi connectivity index (χ4v) is 6.95. The van der Waals surface area contributed by atoms with Crippen LogP contribution in [-0.4, -0.2) is 80.8 Å². The molecular formula is C25H40N4O3S. The third-order valence-corrected chi connectivity index (χ3v) is 9.40. The van der Waals surface area contributed by atoms with Crippen molar-refractivity contribution in [2.24, 2.45) is 5.92 Å². The van der Waals surface area contributed by atoms with E-state index in [0.29, 0.717) is 25.3 Å². The second-order valence-corrected chi connectivity index (χ2v) is 12.0. The highest BCUT2D eigenvalue weighted by molar-refractivity contribution is 7.89. The first-order chi connectivity index (χ1) is 15.9. The smallest absolute Gasteiger partial charge is 0.243 e. The summed E-state index contributed by atoms with van der Waals surface area (Å²) in [6.45, 7) is 8.45. The number of hydrogen-bond acceptors (Lipinski definition) is 5. The van der Waals surface area contributed by atoms with Gasteiger partial charge in [-0.2, -0.15) is 4.31 Å². The van der Waals surface area contributed by atoms with Crippen LogP contribution in [0.5, 0.6) is 0 Å². The minimum atomic E-state index is -3.52. The number of rotatable bonds is 7. The van der Waals surface area contributed by atoms with Gasteiger partial charge >= 0.3 is 0 Å². The molecule has 2 heterocycles. The lowest BCUT2D eigenvalue weighted by atomic mass is 9.89. The van der Waals surface area contributed by atoms with Gasteiger partial charge in [0.05, 0.1) is 11.4 Å². The third kappa shape index (κ3) is 6.56. The molecule has 3 fully saturated rings. The number of amides is 1. The van der Waals surface area contributed by atoms with Crippen molar-refractivity contribution in [1.29, 1.82) is 0 Å². The Bertz CT molecular complexity index is 900. The Balaban J connectivity index is 1.29. The van der Waals surface area contributed by atoms with Gasteiger partial charge in [-0.3, -0.25) is 9.69 Å². The van der Waals surface area contributed by atoms with Crippen molar-refractivity contribution in [3.63, 3.8) is 0 Å². The van der Waals surface area contributed by atoms with Crippen molar-refractivity contribution in [2.75, 3.05) is 57.7 Å². The zero-order valence-corrected chi connectivity index (χ0v) is 20.9. The van der Waals surface area contributed by atoms with Crippen LogP contribution in [0, 0.1) is 12.8 Å². The Kier molecular flexibility index (Phi) is 8.43. The lowest BCUT2D eigenvalue weighted by Gasteiger charge is -2.37. The summed E-state index contributed by atoms with van der Waals surface area (Å²) in [5.74, 6) is 0.774. The highest BCUT2D eigenvalue weighted by atomic mass is 32.2. The van der Waals surface area contributed by atoms with E-state index in [-0.39, 0.29) is 10.8 Å². The molecule has 33 heavy (non-hydrogen) atoms. The summed E-state index contributed by atoms with van der Waals surface area (Å²) >= 11 is 0. The topological polar surface area (TPSA) is 73.0 Å². The second kappa shape index (κ2) is 11.3. The molecule has 2 aliphatic heterocycles. The molecule has 0 radical (unpaired) electrons. The van der Waals surface area contributed by atoms with E-state index in [1.165, 1.54) is 38.6 Å². The van der Waals surface area contributed by atoms with Crippen LogP contribution in [-0.2, 0) is 14.8 Å². The zero-order valence-electron chi connectivity index (χ0n) is 20.1. The van der Waals surface area contributed by atoms with E-state index in [4.69, 9.17) is 0 Å². The zero-order chi connectivity index (χ0) is 23.3. The van der Waals surface area contributed by atoms with E-state index in [1.54, 1.807) is 22.5 Å². The van der Waals surface area contributed by atoms with Crippen LogP contribution < -0.4 is 5.32 Å². The first-order valence-electron chi connectivity index (χ1n) is 12.8. The number of aryl methyl sites for hydroxylation is 1.